The fourth-order valence-electron chi connectivity index (χ4n) is 3.74. The minimum atomic E-state index is -0.957. The van der Waals surface area contributed by atoms with Gasteiger partial charge in [0.15, 0.2) is 6.10 Å². The Morgan fingerprint density at radius 2 is 1.36 bits per heavy atom. The third-order valence-corrected chi connectivity index (χ3v) is 5.54. The molecule has 0 saturated carbocycles. The van der Waals surface area contributed by atoms with Crippen LogP contribution in [-0.2, 0) is 19.0 Å². The standard InChI is InChI=1S/C14H19NO4.C11H13NO2/c1-2-19-13(14(16)17)11-3-5-12(6-4-11)15-7-9-18-10-8-15;13-9-10-1-3-11(4-2-10)12-5-7-14-8-6-12/h3-6,13H,2,7-10H2,1H3,(H,16,17);1-4,9H,5-8H2. The van der Waals surface area contributed by atoms with Crippen molar-refractivity contribution < 1.29 is 28.9 Å². The van der Waals surface area contributed by atoms with Crippen molar-refractivity contribution in [3.05, 3.63) is 59.7 Å². The first-order valence-electron chi connectivity index (χ1n) is 11.3. The maximum atomic E-state index is 11.1. The van der Waals surface area contributed by atoms with E-state index < -0.39 is 12.1 Å². The molecule has 0 aliphatic carbocycles. The topological polar surface area (TPSA) is 88.5 Å². The second-order valence-electron chi connectivity index (χ2n) is 7.67. The van der Waals surface area contributed by atoms with Crippen molar-refractivity contribution in [2.45, 2.75) is 13.0 Å². The molecule has 8 nitrogen and oxygen atoms in total. The molecule has 8 heteroatoms. The number of nitrogens with zero attached hydrogens (tertiary/aromatic N) is 2. The molecule has 0 aromatic heterocycles. The summed E-state index contributed by atoms with van der Waals surface area (Å²) >= 11 is 0. The molecule has 2 aliphatic heterocycles. The molecule has 0 bridgehead atoms. The zero-order valence-corrected chi connectivity index (χ0v) is 19.0. The minimum Gasteiger partial charge on any atom is -0.479 e. The Bertz CT molecular complexity index is 859. The lowest BCUT2D eigenvalue weighted by molar-refractivity contribution is -0.150. The van der Waals surface area contributed by atoms with Crippen molar-refractivity contribution in [3.63, 3.8) is 0 Å². The Kier molecular flexibility index (Phi) is 9.68. The lowest BCUT2D eigenvalue weighted by Crippen LogP contribution is -2.36. The van der Waals surface area contributed by atoms with Crippen LogP contribution in [0.2, 0.25) is 0 Å². The van der Waals surface area contributed by atoms with Gasteiger partial charge in [-0.15, -0.1) is 0 Å². The van der Waals surface area contributed by atoms with Crippen molar-refractivity contribution in [1.82, 2.24) is 0 Å². The number of ether oxygens (including phenoxy) is 3. The summed E-state index contributed by atoms with van der Waals surface area (Å²) in [5.41, 5.74) is 3.65. The van der Waals surface area contributed by atoms with E-state index in [-0.39, 0.29) is 0 Å². The number of carboxylic acids is 1. The summed E-state index contributed by atoms with van der Waals surface area (Å²) in [6.45, 7) is 8.81. The molecule has 2 saturated heterocycles. The maximum absolute atomic E-state index is 11.1. The second kappa shape index (κ2) is 12.9. The molecule has 2 heterocycles. The number of carboxylic acid groups (broad SMARTS) is 1. The van der Waals surface area contributed by atoms with Gasteiger partial charge in [0.2, 0.25) is 0 Å². The van der Waals surface area contributed by atoms with Gasteiger partial charge in [-0.1, -0.05) is 12.1 Å². The van der Waals surface area contributed by atoms with Gasteiger partial charge in [-0.2, -0.15) is 0 Å². The molecule has 2 fully saturated rings. The summed E-state index contributed by atoms with van der Waals surface area (Å²) in [5.74, 6) is -0.957. The summed E-state index contributed by atoms with van der Waals surface area (Å²) in [5, 5.41) is 9.12. The van der Waals surface area contributed by atoms with Crippen LogP contribution in [0, 0.1) is 0 Å². The monoisotopic (exact) mass is 456 g/mol. The highest BCUT2D eigenvalue weighted by Gasteiger charge is 2.20. The zero-order chi connectivity index (χ0) is 23.5. The van der Waals surface area contributed by atoms with Crippen LogP contribution in [0.25, 0.3) is 0 Å². The molecule has 2 aliphatic rings. The van der Waals surface area contributed by atoms with Crippen molar-refractivity contribution in [1.29, 1.82) is 0 Å². The van der Waals surface area contributed by atoms with Crippen LogP contribution in [0.1, 0.15) is 28.9 Å². The number of anilines is 2. The van der Waals surface area contributed by atoms with E-state index in [1.54, 1.807) is 6.92 Å². The van der Waals surface area contributed by atoms with Crippen molar-refractivity contribution in [3.8, 4) is 0 Å². The Labute approximate surface area is 194 Å². The number of benzene rings is 2. The average Bonchev–Trinajstić information content (AvgIpc) is 2.89. The molecule has 4 rings (SSSR count). The summed E-state index contributed by atoms with van der Waals surface area (Å²) in [7, 11) is 0. The van der Waals surface area contributed by atoms with Gasteiger partial charge < -0.3 is 29.1 Å². The molecule has 1 atom stereocenters. The van der Waals surface area contributed by atoms with Crippen molar-refractivity contribution in [2.75, 3.05) is 69.0 Å². The number of rotatable bonds is 7. The summed E-state index contributed by atoms with van der Waals surface area (Å²) in [6, 6.07) is 15.2. The normalized spacial score (nSPS) is 17.0. The van der Waals surface area contributed by atoms with Crippen LogP contribution in [0.3, 0.4) is 0 Å². The molecule has 0 amide bonds. The van der Waals surface area contributed by atoms with Crippen LogP contribution in [0.15, 0.2) is 48.5 Å². The molecule has 1 unspecified atom stereocenters. The molecule has 178 valence electrons. The zero-order valence-electron chi connectivity index (χ0n) is 19.0. The fourth-order valence-corrected chi connectivity index (χ4v) is 3.74. The molecule has 33 heavy (non-hydrogen) atoms. The van der Waals surface area contributed by atoms with Gasteiger partial charge in [-0.3, -0.25) is 4.79 Å². The van der Waals surface area contributed by atoms with E-state index in [9.17, 15) is 9.59 Å². The quantitative estimate of drug-likeness (QED) is 0.636. The molecule has 2 aromatic rings. The second-order valence-corrected chi connectivity index (χ2v) is 7.67. The Morgan fingerprint density at radius 1 is 0.909 bits per heavy atom. The third-order valence-electron chi connectivity index (χ3n) is 5.54. The van der Waals surface area contributed by atoms with Crippen LogP contribution in [0.4, 0.5) is 11.4 Å². The lowest BCUT2D eigenvalue weighted by Gasteiger charge is -2.29. The van der Waals surface area contributed by atoms with Crippen molar-refractivity contribution in [2.24, 2.45) is 0 Å². The molecular weight excluding hydrogens is 424 g/mol. The van der Waals surface area contributed by atoms with Gasteiger partial charge in [0.25, 0.3) is 0 Å². The van der Waals surface area contributed by atoms with Gasteiger partial charge in [0.1, 0.15) is 6.29 Å². The van der Waals surface area contributed by atoms with E-state index >= 15 is 0 Å². The summed E-state index contributed by atoms with van der Waals surface area (Å²) in [6.07, 6.45) is -0.0212. The van der Waals surface area contributed by atoms with Gasteiger partial charge in [-0.05, 0) is 48.9 Å². The number of morpholine rings is 2. The Hall–Kier alpha value is -2.94. The van der Waals surface area contributed by atoms with Gasteiger partial charge in [0.05, 0.1) is 26.4 Å². The Morgan fingerprint density at radius 3 is 1.76 bits per heavy atom. The first-order valence-corrected chi connectivity index (χ1v) is 11.3. The smallest absolute Gasteiger partial charge is 0.337 e. The van der Waals surface area contributed by atoms with Crippen LogP contribution in [-0.4, -0.2) is 76.6 Å². The SMILES string of the molecule is CCOC(C(=O)O)c1ccc(N2CCOCC2)cc1.O=Cc1ccc(N2CCOCC2)cc1. The van der Waals surface area contributed by atoms with E-state index in [1.165, 1.54) is 5.69 Å². The largest absolute Gasteiger partial charge is 0.479 e. The number of carbonyl (C=O) groups excluding carboxylic acids is 1. The van der Waals surface area contributed by atoms with Crippen LogP contribution in [0.5, 0.6) is 0 Å². The molecule has 0 radical (unpaired) electrons. The Balaban J connectivity index is 0.000000194. The highest BCUT2D eigenvalue weighted by Crippen LogP contribution is 2.22. The lowest BCUT2D eigenvalue weighted by atomic mass is 10.1. The number of aliphatic carboxylic acids is 1. The van der Waals surface area contributed by atoms with E-state index in [1.807, 2.05) is 48.5 Å². The summed E-state index contributed by atoms with van der Waals surface area (Å²) < 4.78 is 15.8. The number of carbonyl (C=O) groups is 2. The van der Waals surface area contributed by atoms with Crippen LogP contribution >= 0.6 is 0 Å². The summed E-state index contributed by atoms with van der Waals surface area (Å²) in [4.78, 5) is 26.1. The fraction of sp³-hybridized carbons (Fsp3) is 0.440. The van der Waals surface area contributed by atoms with E-state index in [2.05, 4.69) is 9.80 Å². The highest BCUT2D eigenvalue weighted by atomic mass is 16.5. The van der Waals surface area contributed by atoms with Gasteiger partial charge in [0, 0.05) is 49.7 Å². The molecule has 1 N–H and O–H groups in total. The van der Waals surface area contributed by atoms with Crippen molar-refractivity contribution >= 4 is 23.6 Å². The van der Waals surface area contributed by atoms with Crippen LogP contribution < -0.4 is 9.80 Å². The third kappa shape index (κ3) is 7.28. The highest BCUT2D eigenvalue weighted by molar-refractivity contribution is 5.76. The van der Waals surface area contributed by atoms with E-state index in [0.29, 0.717) is 12.2 Å². The molecule has 0 spiro atoms. The minimum absolute atomic E-state index is 0.377. The predicted molar refractivity (Wildman–Crippen MR) is 126 cm³/mol. The predicted octanol–water partition coefficient (Wildman–Crippen LogP) is 3.02. The first-order chi connectivity index (χ1) is 16.1. The average molecular weight is 457 g/mol. The van der Waals surface area contributed by atoms with Gasteiger partial charge in [-0.25, -0.2) is 4.79 Å². The van der Waals surface area contributed by atoms with E-state index in [0.717, 1.165) is 70.1 Å². The number of aldehydes is 1. The number of hydrogen-bond donors (Lipinski definition) is 1. The number of hydrogen-bond acceptors (Lipinski definition) is 7. The molecule has 2 aromatic carbocycles. The van der Waals surface area contributed by atoms with Gasteiger partial charge >= 0.3 is 5.97 Å². The maximum Gasteiger partial charge on any atom is 0.337 e. The van der Waals surface area contributed by atoms with E-state index in [4.69, 9.17) is 19.3 Å². The molecular formula is C25H32N2O6. The first kappa shape index (κ1) is 24.7.